The monoisotopic (exact) mass is 481 g/mol. The van der Waals surface area contributed by atoms with Crippen LogP contribution < -0.4 is 14.8 Å². The van der Waals surface area contributed by atoms with E-state index in [1.54, 1.807) is 37.4 Å². The highest BCUT2D eigenvalue weighted by Gasteiger charge is 2.26. The van der Waals surface area contributed by atoms with Crippen LogP contribution in [-0.4, -0.2) is 66.4 Å². The Morgan fingerprint density at radius 3 is 2.69 bits per heavy atom. The summed E-state index contributed by atoms with van der Waals surface area (Å²) in [6.07, 6.45) is 3.45. The number of nitrogens with one attached hydrogen (secondary N) is 1. The summed E-state index contributed by atoms with van der Waals surface area (Å²) in [5.74, 6) is 1.90. The number of aliphatic hydroxyl groups excluding tert-OH is 1. The van der Waals surface area contributed by atoms with Gasteiger partial charge in [0.25, 0.3) is 5.91 Å². The maximum Gasteiger partial charge on any atom is 0.256 e. The highest BCUT2D eigenvalue weighted by Crippen LogP contribution is 2.34. The minimum absolute atomic E-state index is 0.0420. The summed E-state index contributed by atoms with van der Waals surface area (Å²) in [7, 11) is 0. The van der Waals surface area contributed by atoms with Gasteiger partial charge in [-0.1, -0.05) is 23.2 Å². The van der Waals surface area contributed by atoms with Crippen molar-refractivity contribution in [2.24, 2.45) is 5.92 Å². The molecule has 0 spiro atoms. The Morgan fingerprint density at radius 1 is 1.22 bits per heavy atom. The first-order valence-corrected chi connectivity index (χ1v) is 11.6. The molecule has 174 valence electrons. The maximum atomic E-state index is 12.6. The van der Waals surface area contributed by atoms with Crippen LogP contribution in [-0.2, 0) is 0 Å². The number of aromatic nitrogens is 1. The molecule has 7 nitrogen and oxygen atoms in total. The quantitative estimate of drug-likeness (QED) is 0.633. The third-order valence-corrected chi connectivity index (χ3v) is 5.86. The molecule has 1 fully saturated rings. The van der Waals surface area contributed by atoms with Gasteiger partial charge in [-0.3, -0.25) is 4.79 Å². The number of amides is 1. The molecule has 1 atom stereocenters. The number of carbonyl (C=O) groups is 1. The molecule has 2 N–H and O–H groups in total. The van der Waals surface area contributed by atoms with Crippen molar-refractivity contribution in [3.8, 4) is 11.5 Å². The summed E-state index contributed by atoms with van der Waals surface area (Å²) in [5, 5.41) is 11.9. The molecule has 0 unspecified atom stereocenters. The highest BCUT2D eigenvalue weighted by molar-refractivity contribution is 6.32. The van der Waals surface area contributed by atoms with Crippen molar-refractivity contribution in [3.05, 3.63) is 52.3 Å². The Bertz CT molecular complexity index is 891. The zero-order chi connectivity index (χ0) is 22.9. The summed E-state index contributed by atoms with van der Waals surface area (Å²) < 4.78 is 11.7. The van der Waals surface area contributed by atoms with Crippen LogP contribution in [0.3, 0.4) is 0 Å². The number of rotatable bonds is 5. The average molecular weight is 482 g/mol. The van der Waals surface area contributed by atoms with Gasteiger partial charge in [0.05, 0.1) is 5.56 Å². The first-order valence-electron chi connectivity index (χ1n) is 10.8. The number of halogens is 2. The molecule has 1 saturated heterocycles. The first-order chi connectivity index (χ1) is 15.5. The number of piperidine rings is 1. The number of likely N-dealkylation sites (tertiary alicyclic amines) is 1. The normalized spacial score (nSPS) is 18.0. The number of pyridine rings is 1. The number of hydrogen-bond acceptors (Lipinski definition) is 6. The van der Waals surface area contributed by atoms with E-state index in [0.717, 1.165) is 38.2 Å². The predicted octanol–water partition coefficient (Wildman–Crippen LogP) is 3.67. The van der Waals surface area contributed by atoms with Gasteiger partial charge in [-0.05, 0) is 56.5 Å². The van der Waals surface area contributed by atoms with E-state index in [2.05, 4.69) is 10.3 Å². The van der Waals surface area contributed by atoms with Crippen molar-refractivity contribution < 1.29 is 19.4 Å². The zero-order valence-electron chi connectivity index (χ0n) is 18.1. The smallest absolute Gasteiger partial charge is 0.256 e. The number of ether oxygens (including phenoxy) is 2. The van der Waals surface area contributed by atoms with Crippen molar-refractivity contribution >= 4 is 29.1 Å². The number of fused-ring (bicyclic) bond motifs is 1. The molecular formula is C23H29Cl2N3O4. The largest absolute Gasteiger partial charge is 0.486 e. The lowest BCUT2D eigenvalue weighted by atomic mass is 9.96. The lowest BCUT2D eigenvalue weighted by Crippen LogP contribution is -2.43. The minimum atomic E-state index is -0.0460. The molecule has 0 radical (unpaired) electrons. The van der Waals surface area contributed by atoms with Crippen LogP contribution in [0.1, 0.15) is 30.1 Å². The van der Waals surface area contributed by atoms with E-state index in [0.29, 0.717) is 35.4 Å². The molecule has 1 aromatic carbocycles. The summed E-state index contributed by atoms with van der Waals surface area (Å²) >= 11 is 12.1. The van der Waals surface area contributed by atoms with Gasteiger partial charge in [0.1, 0.15) is 17.9 Å². The van der Waals surface area contributed by atoms with E-state index >= 15 is 0 Å². The number of hydrogen-bond donors (Lipinski definition) is 2. The van der Waals surface area contributed by atoms with Crippen molar-refractivity contribution in [1.82, 2.24) is 15.2 Å². The van der Waals surface area contributed by atoms with Gasteiger partial charge in [-0.25, -0.2) is 4.98 Å². The van der Waals surface area contributed by atoms with Crippen LogP contribution in [0.15, 0.2) is 36.5 Å². The second kappa shape index (κ2) is 12.3. The molecule has 2 aliphatic rings. The second-order valence-electron chi connectivity index (χ2n) is 7.69. The molecule has 0 aliphatic carbocycles. The number of nitrogens with zero attached hydrogens (tertiary/aromatic N) is 2. The third kappa shape index (κ3) is 6.72. The Kier molecular flexibility index (Phi) is 9.41. The molecular weight excluding hydrogens is 453 g/mol. The van der Waals surface area contributed by atoms with Crippen LogP contribution in [0.4, 0.5) is 0 Å². The molecule has 2 aromatic rings. The average Bonchev–Trinajstić information content (AvgIpc) is 2.80. The molecule has 0 saturated carbocycles. The Labute approximate surface area is 198 Å². The standard InChI is InChI=1S/C21H23Cl2N3O3.C2H6O/c22-15-3-4-18-19(10-15)29-16(13-28-18)12-24-11-14-5-8-26(9-6-14)21(27)17-2-1-7-25-20(17)23;1-2-3/h1-4,7,10,14,16,24H,5-6,8-9,11-13H2;3H,2H2,1H3/t16-;/m0./s1. The molecule has 4 rings (SSSR count). The fourth-order valence-electron chi connectivity index (χ4n) is 3.69. The first kappa shape index (κ1) is 24.6. The van der Waals surface area contributed by atoms with Gasteiger partial charge in [-0.2, -0.15) is 0 Å². The Balaban J connectivity index is 0.000000913. The fourth-order valence-corrected chi connectivity index (χ4v) is 4.06. The number of benzene rings is 1. The summed E-state index contributed by atoms with van der Waals surface area (Å²) in [4.78, 5) is 18.5. The summed E-state index contributed by atoms with van der Waals surface area (Å²) in [6, 6.07) is 8.86. The lowest BCUT2D eigenvalue weighted by Gasteiger charge is -2.33. The van der Waals surface area contributed by atoms with Crippen molar-refractivity contribution in [2.75, 3.05) is 39.4 Å². The van der Waals surface area contributed by atoms with E-state index in [1.807, 2.05) is 11.0 Å². The van der Waals surface area contributed by atoms with Gasteiger partial charge in [0, 0.05) is 43.5 Å². The summed E-state index contributed by atoms with van der Waals surface area (Å²) in [5.41, 5.74) is 0.473. The van der Waals surface area contributed by atoms with Crippen molar-refractivity contribution in [2.45, 2.75) is 25.9 Å². The van der Waals surface area contributed by atoms with E-state index < -0.39 is 0 Å². The van der Waals surface area contributed by atoms with Crippen LogP contribution in [0.2, 0.25) is 10.2 Å². The van der Waals surface area contributed by atoms with Crippen LogP contribution in [0.25, 0.3) is 0 Å². The highest BCUT2D eigenvalue weighted by atomic mass is 35.5. The van der Waals surface area contributed by atoms with Crippen LogP contribution in [0.5, 0.6) is 11.5 Å². The zero-order valence-corrected chi connectivity index (χ0v) is 19.6. The topological polar surface area (TPSA) is 83.9 Å². The summed E-state index contributed by atoms with van der Waals surface area (Å²) in [6.45, 7) is 5.49. The number of aliphatic hydroxyl groups is 1. The molecule has 1 amide bonds. The van der Waals surface area contributed by atoms with Gasteiger partial charge >= 0.3 is 0 Å². The van der Waals surface area contributed by atoms with Gasteiger partial charge < -0.3 is 24.8 Å². The molecule has 9 heteroatoms. The Hall–Kier alpha value is -2.06. The molecule has 3 heterocycles. The SMILES string of the molecule is CCO.O=C(c1cccnc1Cl)N1CCC(CNC[C@H]2COc3ccc(Cl)cc3O2)CC1. The maximum absolute atomic E-state index is 12.6. The van der Waals surface area contributed by atoms with Crippen molar-refractivity contribution in [3.63, 3.8) is 0 Å². The van der Waals surface area contributed by atoms with Crippen LogP contribution >= 0.6 is 23.2 Å². The van der Waals surface area contributed by atoms with Crippen molar-refractivity contribution in [1.29, 1.82) is 0 Å². The molecule has 2 aliphatic heterocycles. The van der Waals surface area contributed by atoms with E-state index in [9.17, 15) is 4.79 Å². The van der Waals surface area contributed by atoms with Gasteiger partial charge in [0.2, 0.25) is 0 Å². The third-order valence-electron chi connectivity index (χ3n) is 5.32. The predicted molar refractivity (Wildman–Crippen MR) is 125 cm³/mol. The Morgan fingerprint density at radius 2 is 1.97 bits per heavy atom. The van der Waals surface area contributed by atoms with E-state index in [4.69, 9.17) is 37.8 Å². The molecule has 0 bridgehead atoms. The van der Waals surface area contributed by atoms with Gasteiger partial charge in [-0.15, -0.1) is 0 Å². The van der Waals surface area contributed by atoms with E-state index in [1.165, 1.54) is 0 Å². The number of carbonyl (C=O) groups excluding carboxylic acids is 1. The fraction of sp³-hybridized carbons (Fsp3) is 0.478. The molecule has 32 heavy (non-hydrogen) atoms. The minimum Gasteiger partial charge on any atom is -0.486 e. The second-order valence-corrected chi connectivity index (χ2v) is 8.49. The van der Waals surface area contributed by atoms with Crippen LogP contribution in [0, 0.1) is 5.92 Å². The van der Waals surface area contributed by atoms with Gasteiger partial charge in [0.15, 0.2) is 11.5 Å². The lowest BCUT2D eigenvalue weighted by molar-refractivity contribution is 0.0681. The van der Waals surface area contributed by atoms with E-state index in [-0.39, 0.29) is 23.8 Å². The molecule has 1 aromatic heterocycles.